The van der Waals surface area contributed by atoms with Crippen molar-refractivity contribution in [3.05, 3.63) is 18.0 Å². The number of carbonyl (C=O) groups excluding carboxylic acids is 1. The Morgan fingerprint density at radius 2 is 1.88 bits per heavy atom. The summed E-state index contributed by atoms with van der Waals surface area (Å²) in [5.74, 6) is 0.0717. The number of carbonyl (C=O) groups is 1. The molecule has 26 heavy (non-hydrogen) atoms. The van der Waals surface area contributed by atoms with Gasteiger partial charge in [-0.1, -0.05) is 19.3 Å². The topological polar surface area (TPSA) is 97.4 Å². The van der Waals surface area contributed by atoms with E-state index >= 15 is 0 Å². The SMILES string of the molecule is Cn1cc(S(=O)(=O)N2CCCCC2)cc1C(=O)NC1CCCCC1CN. The molecular formula is C18H30N4O3S. The van der Waals surface area contributed by atoms with Crippen LogP contribution in [0.1, 0.15) is 55.4 Å². The number of sulfonamides is 1. The van der Waals surface area contributed by atoms with E-state index in [2.05, 4.69) is 5.32 Å². The maximum atomic E-state index is 12.8. The van der Waals surface area contributed by atoms with Gasteiger partial charge in [-0.05, 0) is 44.2 Å². The zero-order valence-electron chi connectivity index (χ0n) is 15.5. The van der Waals surface area contributed by atoms with Crippen LogP contribution in [0.25, 0.3) is 0 Å². The van der Waals surface area contributed by atoms with Crippen molar-refractivity contribution in [2.24, 2.45) is 18.7 Å². The van der Waals surface area contributed by atoms with E-state index in [-0.39, 0.29) is 16.8 Å². The first kappa shape index (κ1) is 19.4. The van der Waals surface area contributed by atoms with E-state index in [1.54, 1.807) is 17.8 Å². The van der Waals surface area contributed by atoms with Crippen LogP contribution in [0.2, 0.25) is 0 Å². The van der Waals surface area contributed by atoms with Crippen LogP contribution in [0.15, 0.2) is 17.2 Å². The molecule has 2 heterocycles. The predicted molar refractivity (Wildman–Crippen MR) is 100 cm³/mol. The number of amides is 1. The Bertz CT molecular complexity index is 738. The van der Waals surface area contributed by atoms with Crippen molar-refractivity contribution >= 4 is 15.9 Å². The molecule has 0 radical (unpaired) electrons. The fraction of sp³-hybridized carbons (Fsp3) is 0.722. The number of aromatic nitrogens is 1. The van der Waals surface area contributed by atoms with Crippen LogP contribution >= 0.6 is 0 Å². The molecule has 1 saturated carbocycles. The first-order chi connectivity index (χ1) is 12.4. The van der Waals surface area contributed by atoms with Gasteiger partial charge < -0.3 is 15.6 Å². The lowest BCUT2D eigenvalue weighted by Gasteiger charge is -2.31. The molecule has 1 saturated heterocycles. The Hall–Kier alpha value is -1.38. The lowest BCUT2D eigenvalue weighted by atomic mass is 9.84. The van der Waals surface area contributed by atoms with Gasteiger partial charge in [-0.2, -0.15) is 4.31 Å². The molecule has 7 nitrogen and oxygen atoms in total. The Balaban J connectivity index is 1.76. The average Bonchev–Trinajstić information content (AvgIpc) is 3.05. The first-order valence-electron chi connectivity index (χ1n) is 9.61. The van der Waals surface area contributed by atoms with Crippen LogP contribution in [0, 0.1) is 5.92 Å². The van der Waals surface area contributed by atoms with Crippen molar-refractivity contribution in [2.45, 2.75) is 55.9 Å². The molecule has 2 fully saturated rings. The molecule has 1 amide bonds. The second kappa shape index (κ2) is 8.10. The molecule has 146 valence electrons. The van der Waals surface area contributed by atoms with Crippen LogP contribution in [-0.2, 0) is 17.1 Å². The van der Waals surface area contributed by atoms with E-state index in [0.717, 1.165) is 44.9 Å². The highest BCUT2D eigenvalue weighted by molar-refractivity contribution is 7.89. The number of nitrogens with zero attached hydrogens (tertiary/aromatic N) is 2. The second-order valence-electron chi connectivity index (χ2n) is 7.50. The normalized spacial score (nSPS) is 25.2. The molecule has 1 aliphatic heterocycles. The van der Waals surface area contributed by atoms with Gasteiger partial charge in [0.05, 0.1) is 0 Å². The van der Waals surface area contributed by atoms with Crippen molar-refractivity contribution in [1.29, 1.82) is 0 Å². The molecule has 2 aliphatic rings. The molecule has 0 aromatic carbocycles. The van der Waals surface area contributed by atoms with Gasteiger partial charge in [-0.15, -0.1) is 0 Å². The lowest BCUT2D eigenvalue weighted by molar-refractivity contribution is 0.0899. The van der Waals surface area contributed by atoms with Crippen molar-refractivity contribution < 1.29 is 13.2 Å². The maximum Gasteiger partial charge on any atom is 0.268 e. The van der Waals surface area contributed by atoms with Gasteiger partial charge in [0.2, 0.25) is 10.0 Å². The van der Waals surface area contributed by atoms with E-state index < -0.39 is 10.0 Å². The van der Waals surface area contributed by atoms with Crippen LogP contribution in [0.3, 0.4) is 0 Å². The Morgan fingerprint density at radius 1 is 1.19 bits per heavy atom. The second-order valence-corrected chi connectivity index (χ2v) is 9.43. The smallest absolute Gasteiger partial charge is 0.268 e. The largest absolute Gasteiger partial charge is 0.348 e. The zero-order chi connectivity index (χ0) is 18.7. The molecule has 8 heteroatoms. The lowest BCUT2D eigenvalue weighted by Crippen LogP contribution is -2.45. The highest BCUT2D eigenvalue weighted by Gasteiger charge is 2.30. The van der Waals surface area contributed by atoms with Crippen molar-refractivity contribution in [3.63, 3.8) is 0 Å². The van der Waals surface area contributed by atoms with Crippen molar-refractivity contribution in [2.75, 3.05) is 19.6 Å². The van der Waals surface area contributed by atoms with Gasteiger partial charge in [0.15, 0.2) is 0 Å². The highest BCUT2D eigenvalue weighted by Crippen LogP contribution is 2.25. The van der Waals surface area contributed by atoms with Crippen molar-refractivity contribution in [3.8, 4) is 0 Å². The minimum Gasteiger partial charge on any atom is -0.348 e. The molecule has 0 spiro atoms. The number of hydrogen-bond acceptors (Lipinski definition) is 4. The molecule has 0 bridgehead atoms. The van der Waals surface area contributed by atoms with Gasteiger partial charge in [-0.25, -0.2) is 8.42 Å². The van der Waals surface area contributed by atoms with E-state index in [0.29, 0.717) is 31.2 Å². The van der Waals surface area contributed by atoms with Gasteiger partial charge in [0.25, 0.3) is 5.91 Å². The average molecular weight is 383 g/mol. The monoisotopic (exact) mass is 382 g/mol. The summed E-state index contributed by atoms with van der Waals surface area (Å²) < 4.78 is 28.8. The Labute approximate surface area is 156 Å². The van der Waals surface area contributed by atoms with E-state index in [1.807, 2.05) is 0 Å². The van der Waals surface area contributed by atoms with E-state index in [9.17, 15) is 13.2 Å². The number of nitrogens with two attached hydrogens (primary N) is 1. The molecule has 3 rings (SSSR count). The molecule has 3 N–H and O–H groups in total. The molecule has 2 unspecified atom stereocenters. The number of piperidine rings is 1. The quantitative estimate of drug-likeness (QED) is 0.805. The molecule has 1 aliphatic carbocycles. The minimum absolute atomic E-state index is 0.0679. The predicted octanol–water partition coefficient (Wildman–Crippen LogP) is 1.45. The Morgan fingerprint density at radius 3 is 2.58 bits per heavy atom. The summed E-state index contributed by atoms with van der Waals surface area (Å²) in [6.45, 7) is 1.67. The van der Waals surface area contributed by atoms with Crippen LogP contribution < -0.4 is 11.1 Å². The first-order valence-corrected chi connectivity index (χ1v) is 11.0. The summed E-state index contributed by atoms with van der Waals surface area (Å²) in [5, 5.41) is 3.07. The van der Waals surface area contributed by atoms with Crippen LogP contribution in [-0.4, -0.2) is 48.9 Å². The van der Waals surface area contributed by atoms with E-state index in [4.69, 9.17) is 5.73 Å². The van der Waals surface area contributed by atoms with Crippen molar-refractivity contribution in [1.82, 2.24) is 14.2 Å². The fourth-order valence-electron chi connectivity index (χ4n) is 4.08. The molecular weight excluding hydrogens is 352 g/mol. The number of nitrogens with one attached hydrogen (secondary N) is 1. The summed E-state index contributed by atoms with van der Waals surface area (Å²) in [6, 6.07) is 1.57. The third-order valence-electron chi connectivity index (χ3n) is 5.69. The summed E-state index contributed by atoms with van der Waals surface area (Å²) in [4.78, 5) is 12.9. The van der Waals surface area contributed by atoms with Gasteiger partial charge in [-0.3, -0.25) is 4.79 Å². The third-order valence-corrected chi connectivity index (χ3v) is 7.56. The highest BCUT2D eigenvalue weighted by atomic mass is 32.2. The van der Waals surface area contributed by atoms with Crippen LogP contribution in [0.5, 0.6) is 0 Å². The number of aryl methyl sites for hydroxylation is 1. The fourth-order valence-corrected chi connectivity index (χ4v) is 5.67. The molecule has 1 aromatic rings. The standard InChI is InChI=1S/C18H30N4O3S/c1-21-13-15(26(24,25)22-9-5-2-6-10-22)11-17(21)18(23)20-16-8-4-3-7-14(16)12-19/h11,13-14,16H,2-10,12,19H2,1H3,(H,20,23). The summed E-state index contributed by atoms with van der Waals surface area (Å²) in [6.07, 6.45) is 8.58. The van der Waals surface area contributed by atoms with E-state index in [1.165, 1.54) is 10.4 Å². The van der Waals surface area contributed by atoms with Gasteiger partial charge in [0, 0.05) is 32.4 Å². The van der Waals surface area contributed by atoms with Gasteiger partial charge in [0.1, 0.15) is 10.6 Å². The zero-order valence-corrected chi connectivity index (χ0v) is 16.3. The number of rotatable bonds is 5. The maximum absolute atomic E-state index is 12.8. The molecule has 2 atom stereocenters. The molecule has 1 aromatic heterocycles. The summed E-state index contributed by atoms with van der Waals surface area (Å²) in [5.41, 5.74) is 6.22. The number of hydrogen-bond donors (Lipinski definition) is 2. The summed E-state index contributed by atoms with van der Waals surface area (Å²) in [7, 11) is -1.82. The van der Waals surface area contributed by atoms with Crippen LogP contribution in [0.4, 0.5) is 0 Å². The van der Waals surface area contributed by atoms with Gasteiger partial charge >= 0.3 is 0 Å². The summed E-state index contributed by atoms with van der Waals surface area (Å²) >= 11 is 0. The third kappa shape index (κ3) is 3.97. The Kier molecular flexibility index (Phi) is 6.04. The minimum atomic E-state index is -3.53.